The van der Waals surface area contributed by atoms with Crippen LogP contribution in [0.25, 0.3) is 0 Å². The van der Waals surface area contributed by atoms with Gasteiger partial charge in [-0.1, -0.05) is 12.7 Å². The third-order valence-corrected chi connectivity index (χ3v) is 1.08. The van der Waals surface area contributed by atoms with Crippen LogP contribution in [-0.4, -0.2) is 12.9 Å². The van der Waals surface area contributed by atoms with Crippen molar-refractivity contribution in [3.05, 3.63) is 24.9 Å². The Hall–Kier alpha value is -1.05. The van der Waals surface area contributed by atoms with Gasteiger partial charge in [0.05, 0.1) is 5.84 Å². The van der Waals surface area contributed by atoms with Crippen molar-refractivity contribution in [1.82, 2.24) is 5.32 Å². The smallest absolute Gasteiger partial charge is 0.0969 e. The van der Waals surface area contributed by atoms with Gasteiger partial charge in [-0.2, -0.15) is 0 Å². The van der Waals surface area contributed by atoms with E-state index in [4.69, 9.17) is 0 Å². The van der Waals surface area contributed by atoms with Crippen LogP contribution in [0.1, 0.15) is 13.3 Å². The van der Waals surface area contributed by atoms with Crippen molar-refractivity contribution in [2.24, 2.45) is 4.99 Å². The Morgan fingerprint density at radius 1 is 1.70 bits per heavy atom. The van der Waals surface area contributed by atoms with Gasteiger partial charge in [-0.15, -0.1) is 6.58 Å². The average molecular weight is 138 g/mol. The molecule has 0 rings (SSSR count). The molecular formula is C8H14N2. The molecule has 0 aliphatic carbocycles. The molecule has 0 saturated carbocycles. The molecule has 0 bridgehead atoms. The predicted octanol–water partition coefficient (Wildman–Crippen LogP) is 1.71. The fourth-order valence-corrected chi connectivity index (χ4v) is 0.537. The van der Waals surface area contributed by atoms with Crippen LogP contribution in [0.4, 0.5) is 0 Å². The van der Waals surface area contributed by atoms with Crippen molar-refractivity contribution in [2.75, 3.05) is 7.05 Å². The Morgan fingerprint density at radius 2 is 2.30 bits per heavy atom. The van der Waals surface area contributed by atoms with Crippen LogP contribution in [0.2, 0.25) is 0 Å². The number of hydrogen-bond acceptors (Lipinski definition) is 1. The maximum atomic E-state index is 3.92. The predicted molar refractivity (Wildman–Crippen MR) is 46.1 cm³/mol. The quantitative estimate of drug-likeness (QED) is 0.358. The van der Waals surface area contributed by atoms with Crippen molar-refractivity contribution in [2.45, 2.75) is 13.3 Å². The second-order valence-electron chi connectivity index (χ2n) is 2.03. The first-order chi connectivity index (χ1) is 4.70. The van der Waals surface area contributed by atoms with Gasteiger partial charge < -0.3 is 5.32 Å². The second kappa shape index (κ2) is 4.79. The summed E-state index contributed by atoms with van der Waals surface area (Å²) in [6, 6.07) is 0. The summed E-state index contributed by atoms with van der Waals surface area (Å²) in [6.45, 7) is 9.26. The summed E-state index contributed by atoms with van der Waals surface area (Å²) >= 11 is 0. The summed E-state index contributed by atoms with van der Waals surface area (Å²) in [5.74, 6) is 0.881. The van der Waals surface area contributed by atoms with Crippen LogP contribution in [-0.2, 0) is 0 Å². The lowest BCUT2D eigenvalue weighted by Gasteiger charge is -2.04. The van der Waals surface area contributed by atoms with Crippen LogP contribution >= 0.6 is 0 Å². The van der Waals surface area contributed by atoms with Gasteiger partial charge >= 0.3 is 0 Å². The summed E-state index contributed by atoms with van der Waals surface area (Å²) in [7, 11) is 1.74. The minimum Gasteiger partial charge on any atom is -0.348 e. The molecule has 0 unspecified atom stereocenters. The molecule has 56 valence electrons. The number of allylic oxidation sites excluding steroid dienone is 1. The van der Waals surface area contributed by atoms with E-state index < -0.39 is 0 Å². The standard InChI is InChI=1S/C8H14N2/c1-5-6-7(2)10-8(3)9-4/h5H,1-2,6H2,3-4H3,(H,9,10). The van der Waals surface area contributed by atoms with E-state index in [1.165, 1.54) is 0 Å². The fraction of sp³-hybridized carbons (Fsp3) is 0.375. The van der Waals surface area contributed by atoms with E-state index in [0.29, 0.717) is 0 Å². The second-order valence-corrected chi connectivity index (χ2v) is 2.03. The topological polar surface area (TPSA) is 24.4 Å². The molecule has 0 aromatic rings. The first kappa shape index (κ1) is 8.95. The number of aliphatic imine (C=N–C) groups is 1. The highest BCUT2D eigenvalue weighted by atomic mass is 15.0. The van der Waals surface area contributed by atoms with E-state index in [1.807, 2.05) is 6.92 Å². The molecule has 1 N–H and O–H groups in total. The normalized spacial score (nSPS) is 10.8. The first-order valence-corrected chi connectivity index (χ1v) is 3.19. The van der Waals surface area contributed by atoms with Crippen molar-refractivity contribution in [3.8, 4) is 0 Å². The molecule has 0 atom stereocenters. The molecule has 0 aliphatic rings. The summed E-state index contributed by atoms with van der Waals surface area (Å²) in [5, 5.41) is 3.01. The number of hydrogen-bond donors (Lipinski definition) is 1. The van der Waals surface area contributed by atoms with E-state index in [-0.39, 0.29) is 0 Å². The first-order valence-electron chi connectivity index (χ1n) is 3.19. The number of nitrogens with zero attached hydrogens (tertiary/aromatic N) is 1. The zero-order valence-electron chi connectivity index (χ0n) is 6.65. The van der Waals surface area contributed by atoms with Crippen LogP contribution in [0.5, 0.6) is 0 Å². The van der Waals surface area contributed by atoms with Crippen LogP contribution in [0.3, 0.4) is 0 Å². The van der Waals surface area contributed by atoms with E-state index in [2.05, 4.69) is 23.5 Å². The lowest BCUT2D eigenvalue weighted by molar-refractivity contribution is 1.04. The summed E-state index contributed by atoms with van der Waals surface area (Å²) in [6.07, 6.45) is 2.59. The Labute approximate surface area is 62.4 Å². The average Bonchev–Trinajstić information content (AvgIpc) is 1.88. The molecule has 0 radical (unpaired) electrons. The molecule has 10 heavy (non-hydrogen) atoms. The number of amidine groups is 1. The van der Waals surface area contributed by atoms with Gasteiger partial charge in [-0.05, 0) is 6.92 Å². The maximum Gasteiger partial charge on any atom is 0.0969 e. The van der Waals surface area contributed by atoms with E-state index in [0.717, 1.165) is 18.0 Å². The molecule has 2 heteroatoms. The lowest BCUT2D eigenvalue weighted by atomic mass is 10.3. The summed E-state index contributed by atoms with van der Waals surface area (Å²) in [5.41, 5.74) is 0.929. The monoisotopic (exact) mass is 138 g/mol. The highest BCUT2D eigenvalue weighted by Gasteiger charge is 1.89. The highest BCUT2D eigenvalue weighted by Crippen LogP contribution is 1.92. The highest BCUT2D eigenvalue weighted by molar-refractivity contribution is 5.80. The molecule has 0 spiro atoms. The molecule has 2 nitrogen and oxygen atoms in total. The third kappa shape index (κ3) is 3.89. The van der Waals surface area contributed by atoms with Gasteiger partial charge in [-0.3, -0.25) is 4.99 Å². The summed E-state index contributed by atoms with van der Waals surface area (Å²) in [4.78, 5) is 3.92. The molecular weight excluding hydrogens is 124 g/mol. The molecule has 0 fully saturated rings. The van der Waals surface area contributed by atoms with Gasteiger partial charge in [0, 0.05) is 19.2 Å². The van der Waals surface area contributed by atoms with Crippen molar-refractivity contribution in [3.63, 3.8) is 0 Å². The minimum atomic E-state index is 0.785. The van der Waals surface area contributed by atoms with Crippen LogP contribution in [0, 0.1) is 0 Å². The number of nitrogens with one attached hydrogen (secondary N) is 1. The third-order valence-electron chi connectivity index (χ3n) is 1.08. The Bertz CT molecular complexity index is 157. The summed E-state index contributed by atoms with van der Waals surface area (Å²) < 4.78 is 0. The molecule has 0 aliphatic heterocycles. The van der Waals surface area contributed by atoms with Gasteiger partial charge in [-0.25, -0.2) is 0 Å². The van der Waals surface area contributed by atoms with E-state index >= 15 is 0 Å². The van der Waals surface area contributed by atoms with Gasteiger partial charge in [0.2, 0.25) is 0 Å². The van der Waals surface area contributed by atoms with Crippen molar-refractivity contribution < 1.29 is 0 Å². The minimum absolute atomic E-state index is 0.785. The Morgan fingerprint density at radius 3 is 2.70 bits per heavy atom. The molecule has 0 aromatic heterocycles. The zero-order valence-corrected chi connectivity index (χ0v) is 6.65. The maximum absolute atomic E-state index is 3.92. The van der Waals surface area contributed by atoms with Crippen LogP contribution in [0.15, 0.2) is 29.9 Å². The SMILES string of the molecule is C=CCC(=C)NC(C)=NC. The van der Waals surface area contributed by atoms with E-state index in [1.54, 1.807) is 13.1 Å². The van der Waals surface area contributed by atoms with Gasteiger partial charge in [0.25, 0.3) is 0 Å². The van der Waals surface area contributed by atoms with Gasteiger partial charge in [0.15, 0.2) is 0 Å². The zero-order chi connectivity index (χ0) is 7.98. The van der Waals surface area contributed by atoms with E-state index in [9.17, 15) is 0 Å². The largest absolute Gasteiger partial charge is 0.348 e. The van der Waals surface area contributed by atoms with Gasteiger partial charge in [0.1, 0.15) is 0 Å². The van der Waals surface area contributed by atoms with Crippen molar-refractivity contribution in [1.29, 1.82) is 0 Å². The van der Waals surface area contributed by atoms with Crippen LogP contribution < -0.4 is 5.32 Å². The molecule has 0 aromatic carbocycles. The molecule has 0 heterocycles. The Balaban J connectivity index is 3.68. The lowest BCUT2D eigenvalue weighted by Crippen LogP contribution is -2.18. The van der Waals surface area contributed by atoms with Crippen molar-refractivity contribution >= 4 is 5.84 Å². The molecule has 0 saturated heterocycles. The fourth-order valence-electron chi connectivity index (χ4n) is 0.537. The Kier molecular flexibility index (Phi) is 4.29. The number of rotatable bonds is 3. The molecule has 0 amide bonds.